The summed E-state index contributed by atoms with van der Waals surface area (Å²) in [5, 5.41) is 0. The van der Waals surface area contributed by atoms with Gasteiger partial charge in [0, 0.05) is 7.11 Å². The Hall–Kier alpha value is -1.59. The maximum absolute atomic E-state index is 11.5. The molecule has 1 aromatic rings. The van der Waals surface area contributed by atoms with Gasteiger partial charge in [-0.05, 0) is 24.3 Å². The van der Waals surface area contributed by atoms with Crippen molar-refractivity contribution in [3.63, 3.8) is 0 Å². The fraction of sp³-hybridized carbons (Fsp3) is 0.333. The third kappa shape index (κ3) is 4.73. The lowest BCUT2D eigenvalue weighted by molar-refractivity contribution is 0.0388. The van der Waals surface area contributed by atoms with Crippen LogP contribution in [0.15, 0.2) is 29.3 Å². The first-order valence-electron chi connectivity index (χ1n) is 5.32. The molecule has 0 fully saturated rings. The minimum atomic E-state index is -0.395. The molecule has 1 aromatic carbocycles. The van der Waals surface area contributed by atoms with E-state index in [1.54, 1.807) is 31.4 Å². The van der Waals surface area contributed by atoms with E-state index in [0.717, 1.165) is 0 Å². The highest BCUT2D eigenvalue weighted by Crippen LogP contribution is 2.13. The van der Waals surface area contributed by atoms with Gasteiger partial charge in [-0.25, -0.2) is 9.79 Å². The standard InChI is InChI=1S/C12H15ClN2O3/c1-17-6-7-18-12(16)9-2-4-10(5-3-9)15-11(14)8-13/h2-5H,6-8H2,1H3,(H2,14,15). The molecule has 0 atom stereocenters. The Bertz CT molecular complexity index is 418. The molecule has 0 aliphatic rings. The number of carbonyl (C=O) groups excluding carboxylic acids is 1. The summed E-state index contributed by atoms with van der Waals surface area (Å²) in [6.07, 6.45) is 0. The molecular weight excluding hydrogens is 256 g/mol. The lowest BCUT2D eigenvalue weighted by atomic mass is 10.2. The molecular formula is C12H15ClN2O3. The summed E-state index contributed by atoms with van der Waals surface area (Å²) in [4.78, 5) is 15.6. The highest BCUT2D eigenvalue weighted by Gasteiger charge is 2.06. The fourth-order valence-corrected chi connectivity index (χ4v) is 1.23. The maximum atomic E-state index is 11.5. The van der Waals surface area contributed by atoms with E-state index < -0.39 is 5.97 Å². The summed E-state index contributed by atoms with van der Waals surface area (Å²) >= 11 is 5.51. The van der Waals surface area contributed by atoms with Crippen molar-refractivity contribution in [3.05, 3.63) is 29.8 Å². The molecule has 0 radical (unpaired) electrons. The van der Waals surface area contributed by atoms with Crippen LogP contribution < -0.4 is 5.73 Å². The second-order valence-corrected chi connectivity index (χ2v) is 3.68. The number of ether oxygens (including phenoxy) is 2. The molecule has 0 heterocycles. The molecule has 0 saturated heterocycles. The molecule has 0 aliphatic heterocycles. The van der Waals surface area contributed by atoms with Crippen molar-refractivity contribution in [3.8, 4) is 0 Å². The van der Waals surface area contributed by atoms with Gasteiger partial charge >= 0.3 is 5.97 Å². The average Bonchev–Trinajstić information content (AvgIpc) is 2.39. The van der Waals surface area contributed by atoms with Crippen molar-refractivity contribution in [1.29, 1.82) is 0 Å². The molecule has 2 N–H and O–H groups in total. The van der Waals surface area contributed by atoms with Crippen LogP contribution in [-0.4, -0.2) is 38.0 Å². The lowest BCUT2D eigenvalue weighted by Gasteiger charge is -2.04. The van der Waals surface area contributed by atoms with Gasteiger partial charge in [0.25, 0.3) is 0 Å². The van der Waals surface area contributed by atoms with Gasteiger partial charge in [0.1, 0.15) is 12.4 Å². The Balaban J connectivity index is 2.62. The molecule has 18 heavy (non-hydrogen) atoms. The number of hydrogen-bond donors (Lipinski definition) is 1. The number of methoxy groups -OCH3 is 1. The summed E-state index contributed by atoms with van der Waals surface area (Å²) in [5.74, 6) is 0.0980. The van der Waals surface area contributed by atoms with E-state index in [9.17, 15) is 4.79 Å². The number of aliphatic imine (C=N–C) groups is 1. The zero-order chi connectivity index (χ0) is 13.4. The monoisotopic (exact) mass is 270 g/mol. The van der Waals surface area contributed by atoms with Crippen LogP contribution in [-0.2, 0) is 9.47 Å². The molecule has 6 heteroatoms. The molecule has 1 rings (SSSR count). The van der Waals surface area contributed by atoms with Gasteiger partial charge in [-0.3, -0.25) is 0 Å². The number of halogens is 1. The van der Waals surface area contributed by atoms with Gasteiger partial charge in [0.2, 0.25) is 0 Å². The molecule has 0 bridgehead atoms. The Labute approximate surface area is 111 Å². The summed E-state index contributed by atoms with van der Waals surface area (Å²) < 4.78 is 9.75. The van der Waals surface area contributed by atoms with Crippen LogP contribution in [0.25, 0.3) is 0 Å². The topological polar surface area (TPSA) is 73.9 Å². The number of nitrogens with zero attached hydrogens (tertiary/aromatic N) is 1. The molecule has 0 aliphatic carbocycles. The van der Waals surface area contributed by atoms with Crippen LogP contribution >= 0.6 is 11.6 Å². The van der Waals surface area contributed by atoms with E-state index in [0.29, 0.717) is 23.7 Å². The number of nitrogens with two attached hydrogens (primary N) is 1. The maximum Gasteiger partial charge on any atom is 0.338 e. The number of amidine groups is 1. The zero-order valence-corrected chi connectivity index (χ0v) is 10.8. The number of benzene rings is 1. The normalized spacial score (nSPS) is 11.3. The fourth-order valence-electron chi connectivity index (χ4n) is 1.17. The van der Waals surface area contributed by atoms with Gasteiger partial charge in [0.05, 0.1) is 23.7 Å². The molecule has 0 unspecified atom stereocenters. The van der Waals surface area contributed by atoms with E-state index in [1.807, 2.05) is 0 Å². The number of alkyl halides is 1. The number of rotatable bonds is 6. The van der Waals surface area contributed by atoms with Crippen LogP contribution in [0.1, 0.15) is 10.4 Å². The van der Waals surface area contributed by atoms with Gasteiger partial charge < -0.3 is 15.2 Å². The number of carbonyl (C=O) groups is 1. The van der Waals surface area contributed by atoms with Crippen molar-refractivity contribution in [1.82, 2.24) is 0 Å². The SMILES string of the molecule is COCCOC(=O)c1ccc(N=C(N)CCl)cc1. The van der Waals surface area contributed by atoms with Crippen molar-refractivity contribution in [2.45, 2.75) is 0 Å². The van der Waals surface area contributed by atoms with Crippen LogP contribution in [0, 0.1) is 0 Å². The minimum Gasteiger partial charge on any atom is -0.460 e. The Morgan fingerprint density at radius 2 is 2.00 bits per heavy atom. The van der Waals surface area contributed by atoms with E-state index in [-0.39, 0.29) is 12.5 Å². The van der Waals surface area contributed by atoms with Gasteiger partial charge in [-0.2, -0.15) is 0 Å². The van der Waals surface area contributed by atoms with Crippen LogP contribution in [0.3, 0.4) is 0 Å². The smallest absolute Gasteiger partial charge is 0.338 e. The summed E-state index contributed by atoms with van der Waals surface area (Å²) in [5.41, 5.74) is 6.59. The summed E-state index contributed by atoms with van der Waals surface area (Å²) in [6, 6.07) is 6.59. The number of hydrogen-bond acceptors (Lipinski definition) is 4. The van der Waals surface area contributed by atoms with Crippen molar-refractivity contribution >= 4 is 29.1 Å². The highest BCUT2D eigenvalue weighted by atomic mass is 35.5. The Kier molecular flexibility index (Phi) is 6.18. The Morgan fingerprint density at radius 1 is 1.33 bits per heavy atom. The largest absolute Gasteiger partial charge is 0.460 e. The zero-order valence-electron chi connectivity index (χ0n) is 10.1. The first-order valence-corrected chi connectivity index (χ1v) is 5.86. The van der Waals surface area contributed by atoms with E-state index in [1.165, 1.54) is 0 Å². The number of esters is 1. The predicted octanol–water partition coefficient (Wildman–Crippen LogP) is 1.72. The minimum absolute atomic E-state index is 0.167. The second-order valence-electron chi connectivity index (χ2n) is 3.41. The van der Waals surface area contributed by atoms with Gasteiger partial charge in [0.15, 0.2) is 0 Å². The van der Waals surface area contributed by atoms with Crippen LogP contribution in [0.4, 0.5) is 5.69 Å². The van der Waals surface area contributed by atoms with Crippen molar-refractivity contribution in [2.24, 2.45) is 10.7 Å². The van der Waals surface area contributed by atoms with Gasteiger partial charge in [-0.15, -0.1) is 11.6 Å². The first-order chi connectivity index (χ1) is 8.67. The molecule has 5 nitrogen and oxygen atoms in total. The lowest BCUT2D eigenvalue weighted by Crippen LogP contribution is -2.12. The van der Waals surface area contributed by atoms with Crippen LogP contribution in [0.2, 0.25) is 0 Å². The molecule has 0 amide bonds. The Morgan fingerprint density at radius 3 is 2.56 bits per heavy atom. The molecule has 0 saturated carbocycles. The van der Waals surface area contributed by atoms with E-state index >= 15 is 0 Å². The highest BCUT2D eigenvalue weighted by molar-refractivity contribution is 6.28. The predicted molar refractivity (Wildman–Crippen MR) is 70.6 cm³/mol. The third-order valence-electron chi connectivity index (χ3n) is 2.03. The molecule has 0 spiro atoms. The second kappa shape index (κ2) is 7.68. The summed E-state index contributed by atoms with van der Waals surface area (Å²) in [6.45, 7) is 0.606. The first kappa shape index (κ1) is 14.5. The van der Waals surface area contributed by atoms with Gasteiger partial charge in [-0.1, -0.05) is 0 Å². The molecule has 0 aromatic heterocycles. The van der Waals surface area contributed by atoms with E-state index in [2.05, 4.69) is 4.99 Å². The van der Waals surface area contributed by atoms with Crippen molar-refractivity contribution in [2.75, 3.05) is 26.2 Å². The molecule has 98 valence electrons. The van der Waals surface area contributed by atoms with Crippen molar-refractivity contribution < 1.29 is 14.3 Å². The van der Waals surface area contributed by atoms with Crippen LogP contribution in [0.5, 0.6) is 0 Å². The third-order valence-corrected chi connectivity index (χ3v) is 2.31. The quantitative estimate of drug-likeness (QED) is 0.281. The van der Waals surface area contributed by atoms with E-state index in [4.69, 9.17) is 26.8 Å². The summed E-state index contributed by atoms with van der Waals surface area (Å²) in [7, 11) is 1.54. The average molecular weight is 271 g/mol.